The number of ether oxygens (including phenoxy) is 1. The lowest BCUT2D eigenvalue weighted by Gasteiger charge is -2.09. The lowest BCUT2D eigenvalue weighted by molar-refractivity contribution is 0.0996. The van der Waals surface area contributed by atoms with Crippen molar-refractivity contribution in [2.75, 3.05) is 11.9 Å². The summed E-state index contributed by atoms with van der Waals surface area (Å²) in [5.41, 5.74) is 7.59. The molecule has 0 radical (unpaired) electrons. The zero-order chi connectivity index (χ0) is 18.4. The lowest BCUT2D eigenvalue weighted by Crippen LogP contribution is -2.32. The second-order valence-electron chi connectivity index (χ2n) is 6.06. The molecule has 0 bridgehead atoms. The summed E-state index contributed by atoms with van der Waals surface area (Å²) in [6, 6.07) is 7.40. The highest BCUT2D eigenvalue weighted by Gasteiger charge is 2.22. The number of rotatable bonds is 7. The van der Waals surface area contributed by atoms with Gasteiger partial charge in [-0.3, -0.25) is 10.1 Å². The Labute approximate surface area is 150 Å². The maximum atomic E-state index is 11.9. The van der Waals surface area contributed by atoms with Crippen LogP contribution >= 0.6 is 11.5 Å². The topological polar surface area (TPSA) is 106 Å². The fourth-order valence-corrected chi connectivity index (χ4v) is 2.69. The molecule has 134 valence electrons. The highest BCUT2D eigenvalue weighted by molar-refractivity contribution is 7.11. The number of aryl methyl sites for hydroxylation is 1. The van der Waals surface area contributed by atoms with Crippen molar-refractivity contribution >= 4 is 28.5 Å². The van der Waals surface area contributed by atoms with E-state index in [0.717, 1.165) is 22.7 Å². The van der Waals surface area contributed by atoms with Gasteiger partial charge in [0.15, 0.2) is 0 Å². The number of nitrogens with zero attached hydrogens (tertiary/aromatic N) is 1. The predicted molar refractivity (Wildman–Crippen MR) is 98.0 cm³/mol. The number of urea groups is 1. The molecule has 0 aliphatic carbocycles. The third-order valence-corrected chi connectivity index (χ3v) is 4.05. The van der Waals surface area contributed by atoms with Gasteiger partial charge in [0.05, 0.1) is 0 Å². The Kier molecular flexibility index (Phi) is 6.35. The summed E-state index contributed by atoms with van der Waals surface area (Å²) >= 11 is 0.957. The van der Waals surface area contributed by atoms with Crippen molar-refractivity contribution in [3.63, 3.8) is 0 Å². The van der Waals surface area contributed by atoms with E-state index in [1.807, 2.05) is 45.0 Å². The van der Waals surface area contributed by atoms with Crippen LogP contribution in [0.25, 0.3) is 0 Å². The van der Waals surface area contributed by atoms with E-state index in [0.29, 0.717) is 12.5 Å². The Bertz CT molecular complexity index is 741. The molecule has 3 amide bonds. The molecule has 1 aromatic carbocycles. The van der Waals surface area contributed by atoms with Gasteiger partial charge in [0.25, 0.3) is 5.91 Å². The SMILES string of the molecule is Cc1ccc(COc2nsc(NC(=O)NCC(C)C)c2C(N)=O)cc1. The van der Waals surface area contributed by atoms with Crippen LogP contribution in [-0.2, 0) is 6.61 Å². The molecule has 2 rings (SSSR count). The minimum absolute atomic E-state index is 0.0804. The van der Waals surface area contributed by atoms with E-state index in [4.69, 9.17) is 10.5 Å². The Balaban J connectivity index is 2.06. The molecule has 0 fully saturated rings. The molecule has 0 atom stereocenters. The summed E-state index contributed by atoms with van der Waals surface area (Å²) in [6.45, 7) is 6.74. The molecule has 0 spiro atoms. The minimum atomic E-state index is -0.702. The van der Waals surface area contributed by atoms with Gasteiger partial charge in [-0.2, -0.15) is 4.37 Å². The summed E-state index contributed by atoms with van der Waals surface area (Å²) in [4.78, 5) is 23.6. The number of hydrogen-bond donors (Lipinski definition) is 3. The smallest absolute Gasteiger partial charge is 0.319 e. The van der Waals surface area contributed by atoms with Gasteiger partial charge in [-0.15, -0.1) is 0 Å². The van der Waals surface area contributed by atoms with Gasteiger partial charge in [0.1, 0.15) is 17.2 Å². The molecule has 0 aliphatic heterocycles. The monoisotopic (exact) mass is 362 g/mol. The second-order valence-corrected chi connectivity index (χ2v) is 6.83. The van der Waals surface area contributed by atoms with Gasteiger partial charge in [-0.05, 0) is 29.9 Å². The zero-order valence-electron chi connectivity index (χ0n) is 14.5. The van der Waals surface area contributed by atoms with Crippen molar-refractivity contribution in [1.82, 2.24) is 9.69 Å². The summed E-state index contributed by atoms with van der Waals surface area (Å²) in [6.07, 6.45) is 0. The number of anilines is 1. The quantitative estimate of drug-likeness (QED) is 0.704. The summed E-state index contributed by atoms with van der Waals surface area (Å²) in [5.74, 6) is -0.264. The summed E-state index contributed by atoms with van der Waals surface area (Å²) in [7, 11) is 0. The Hall–Kier alpha value is -2.61. The number of carbonyl (C=O) groups excluding carboxylic acids is 2. The minimum Gasteiger partial charge on any atom is -0.472 e. The standard InChI is InChI=1S/C17H22N4O3S/c1-10(2)8-19-17(23)20-16-13(14(18)22)15(21-25-16)24-9-12-6-4-11(3)5-7-12/h4-7,10H,8-9H2,1-3H3,(H2,18,22)(H2,19,20,23). The first-order valence-corrected chi connectivity index (χ1v) is 8.66. The largest absolute Gasteiger partial charge is 0.472 e. The van der Waals surface area contributed by atoms with Crippen LogP contribution in [0.1, 0.15) is 35.3 Å². The highest BCUT2D eigenvalue weighted by Crippen LogP contribution is 2.30. The first-order chi connectivity index (χ1) is 11.9. The van der Waals surface area contributed by atoms with Crippen LogP contribution in [0.5, 0.6) is 5.88 Å². The van der Waals surface area contributed by atoms with Crippen molar-refractivity contribution in [2.45, 2.75) is 27.4 Å². The first kappa shape index (κ1) is 18.7. The van der Waals surface area contributed by atoms with E-state index in [9.17, 15) is 9.59 Å². The Morgan fingerprint density at radius 3 is 2.56 bits per heavy atom. The van der Waals surface area contributed by atoms with E-state index in [1.165, 1.54) is 0 Å². The molecule has 8 heteroatoms. The summed E-state index contributed by atoms with van der Waals surface area (Å²) < 4.78 is 9.71. The number of amides is 3. The molecule has 0 unspecified atom stereocenters. The van der Waals surface area contributed by atoms with E-state index in [2.05, 4.69) is 15.0 Å². The van der Waals surface area contributed by atoms with Crippen LogP contribution in [0.15, 0.2) is 24.3 Å². The maximum Gasteiger partial charge on any atom is 0.319 e. The molecule has 0 aliphatic rings. The van der Waals surface area contributed by atoms with Gasteiger partial charge < -0.3 is 15.8 Å². The molecule has 7 nitrogen and oxygen atoms in total. The summed E-state index contributed by atoms with van der Waals surface area (Å²) in [5, 5.41) is 5.57. The third kappa shape index (κ3) is 5.46. The fraction of sp³-hybridized carbons (Fsp3) is 0.353. The maximum absolute atomic E-state index is 11.9. The lowest BCUT2D eigenvalue weighted by atomic mass is 10.2. The van der Waals surface area contributed by atoms with Crippen molar-refractivity contribution in [3.05, 3.63) is 41.0 Å². The number of nitrogens with one attached hydrogen (secondary N) is 2. The van der Waals surface area contributed by atoms with Crippen molar-refractivity contribution in [1.29, 1.82) is 0 Å². The van der Waals surface area contributed by atoms with Crippen LogP contribution in [0.4, 0.5) is 9.80 Å². The van der Waals surface area contributed by atoms with Gasteiger partial charge in [-0.1, -0.05) is 43.7 Å². The molecule has 2 aromatic rings. The number of benzene rings is 1. The van der Waals surface area contributed by atoms with Gasteiger partial charge >= 0.3 is 6.03 Å². The fourth-order valence-electron chi connectivity index (χ4n) is 1.96. The van der Waals surface area contributed by atoms with Crippen LogP contribution < -0.4 is 21.1 Å². The van der Waals surface area contributed by atoms with E-state index in [1.54, 1.807) is 0 Å². The molecular weight excluding hydrogens is 340 g/mol. The van der Waals surface area contributed by atoms with E-state index >= 15 is 0 Å². The van der Waals surface area contributed by atoms with Crippen LogP contribution in [0, 0.1) is 12.8 Å². The Morgan fingerprint density at radius 2 is 1.96 bits per heavy atom. The van der Waals surface area contributed by atoms with E-state index < -0.39 is 11.9 Å². The molecule has 0 saturated carbocycles. The van der Waals surface area contributed by atoms with Crippen molar-refractivity contribution < 1.29 is 14.3 Å². The van der Waals surface area contributed by atoms with Crippen LogP contribution in [0.3, 0.4) is 0 Å². The highest BCUT2D eigenvalue weighted by atomic mass is 32.1. The van der Waals surface area contributed by atoms with Crippen molar-refractivity contribution in [3.8, 4) is 5.88 Å². The van der Waals surface area contributed by atoms with Gasteiger partial charge in [0.2, 0.25) is 5.88 Å². The average Bonchev–Trinajstić information content (AvgIpc) is 2.95. The second kappa shape index (κ2) is 8.48. The van der Waals surface area contributed by atoms with Crippen LogP contribution in [-0.4, -0.2) is 22.9 Å². The number of aromatic nitrogens is 1. The molecule has 1 heterocycles. The van der Waals surface area contributed by atoms with Crippen LogP contribution in [0.2, 0.25) is 0 Å². The predicted octanol–water partition coefficient (Wildman–Crippen LogP) is 2.91. The molecule has 1 aromatic heterocycles. The number of carbonyl (C=O) groups is 2. The van der Waals surface area contributed by atoms with Crippen molar-refractivity contribution in [2.24, 2.45) is 11.7 Å². The first-order valence-electron chi connectivity index (χ1n) is 7.89. The molecular formula is C17H22N4O3S. The normalized spacial score (nSPS) is 10.6. The van der Waals surface area contributed by atoms with E-state index in [-0.39, 0.29) is 23.1 Å². The average molecular weight is 362 g/mol. The van der Waals surface area contributed by atoms with Gasteiger partial charge in [-0.25, -0.2) is 4.79 Å². The Morgan fingerprint density at radius 1 is 1.28 bits per heavy atom. The third-order valence-electron chi connectivity index (χ3n) is 3.30. The zero-order valence-corrected chi connectivity index (χ0v) is 15.3. The molecule has 25 heavy (non-hydrogen) atoms. The molecule has 4 N–H and O–H groups in total. The number of nitrogens with two attached hydrogens (primary N) is 1. The number of primary amides is 1. The number of hydrogen-bond acceptors (Lipinski definition) is 5. The van der Waals surface area contributed by atoms with Gasteiger partial charge in [0, 0.05) is 6.54 Å². The molecule has 0 saturated heterocycles.